The van der Waals surface area contributed by atoms with Crippen LogP contribution in [0.1, 0.15) is 23.3 Å². The number of aromatic nitrogens is 2. The zero-order valence-corrected chi connectivity index (χ0v) is 15.3. The number of rotatable bonds is 6. The Kier molecular flexibility index (Phi) is 4.60. The van der Waals surface area contributed by atoms with Gasteiger partial charge in [-0.3, -0.25) is 9.23 Å². The molecule has 5 N–H and O–H groups in total. The number of hydrogen-bond acceptors (Lipinski definition) is 9. The minimum Gasteiger partial charge on any atom is -0.411 e. The third kappa shape index (κ3) is 3.59. The first-order chi connectivity index (χ1) is 12.4. The summed E-state index contributed by atoms with van der Waals surface area (Å²) in [4.78, 5) is 13.7. The van der Waals surface area contributed by atoms with Gasteiger partial charge in [0.2, 0.25) is 0 Å². The van der Waals surface area contributed by atoms with Crippen LogP contribution in [0.2, 0.25) is 0 Å². The smallest absolute Gasteiger partial charge is 0.411 e. The highest BCUT2D eigenvalue weighted by molar-refractivity contribution is 7.87. The third-order valence-electron chi connectivity index (χ3n) is 4.10. The fourth-order valence-electron chi connectivity index (χ4n) is 3.13. The largest absolute Gasteiger partial charge is 0.418 e. The molecule has 1 fully saturated rings. The zero-order chi connectivity index (χ0) is 20.1. The molecule has 27 heavy (non-hydrogen) atoms. The second-order valence-electron chi connectivity index (χ2n) is 5.75. The molecule has 2 aliphatic heterocycles. The highest BCUT2D eigenvalue weighted by Crippen LogP contribution is 2.44. The van der Waals surface area contributed by atoms with Gasteiger partial charge in [-0.15, -0.1) is 4.28 Å². The van der Waals surface area contributed by atoms with E-state index in [2.05, 4.69) is 14.5 Å². The lowest BCUT2D eigenvalue weighted by atomic mass is 9.95. The van der Waals surface area contributed by atoms with Gasteiger partial charge in [-0.25, -0.2) is 9.93 Å². The maximum atomic E-state index is 12.6. The summed E-state index contributed by atoms with van der Waals surface area (Å²) < 4.78 is 61.0. The molecule has 150 valence electrons. The van der Waals surface area contributed by atoms with E-state index < -0.39 is 45.3 Å². The fraction of sp³-hybridized carbons (Fsp3) is 0.500. The highest BCUT2D eigenvalue weighted by atomic mass is 32.3. The molecule has 15 nitrogen and oxygen atoms in total. The molecule has 1 saturated heterocycles. The van der Waals surface area contributed by atoms with Crippen molar-refractivity contribution in [2.24, 2.45) is 17.3 Å². The van der Waals surface area contributed by atoms with Gasteiger partial charge in [-0.2, -0.15) is 31.7 Å². The number of oxime groups is 1. The lowest BCUT2D eigenvalue weighted by Gasteiger charge is -2.31. The molecule has 2 atom stereocenters. The standard InChI is InChI=1S/C10H15N7O8S2/c1-15-8-5(2-12-15)7-4-16(10(18)17(7)25-27(22,23)24)9(8)6(14-19)3-13-26(11,20)21/h2,7,9,13,19H,3-4H2,1H3,(H2,11,20,21)(H,22,23,24)/b14-6+/t7-,9-/m1/s1. The Morgan fingerprint density at radius 2 is 2.15 bits per heavy atom. The number of nitrogens with zero attached hydrogens (tertiary/aromatic N) is 5. The van der Waals surface area contributed by atoms with Gasteiger partial charge < -0.3 is 10.1 Å². The van der Waals surface area contributed by atoms with Gasteiger partial charge in [0, 0.05) is 12.6 Å². The lowest BCUT2D eigenvalue weighted by Crippen LogP contribution is -2.44. The van der Waals surface area contributed by atoms with Crippen molar-refractivity contribution in [3.05, 3.63) is 17.5 Å². The number of amides is 2. The topological polar surface area (TPSA) is 210 Å². The van der Waals surface area contributed by atoms with Crippen LogP contribution in [0.5, 0.6) is 0 Å². The second kappa shape index (κ2) is 6.39. The number of nitrogens with two attached hydrogens (primary N) is 1. The predicted octanol–water partition coefficient (Wildman–Crippen LogP) is -2.39. The second-order valence-corrected chi connectivity index (χ2v) is 8.13. The average Bonchev–Trinajstić information content (AvgIpc) is 3.03. The van der Waals surface area contributed by atoms with Crippen LogP contribution in [0.4, 0.5) is 4.79 Å². The van der Waals surface area contributed by atoms with E-state index in [4.69, 9.17) is 9.69 Å². The molecular weight excluding hydrogens is 410 g/mol. The first-order valence-corrected chi connectivity index (χ1v) is 10.1. The van der Waals surface area contributed by atoms with Gasteiger partial charge >= 0.3 is 16.4 Å². The van der Waals surface area contributed by atoms with E-state index in [1.54, 1.807) is 0 Å². The van der Waals surface area contributed by atoms with Crippen LogP contribution in [0.3, 0.4) is 0 Å². The number of nitrogens with one attached hydrogen (secondary N) is 1. The van der Waals surface area contributed by atoms with Crippen LogP contribution in [0, 0.1) is 0 Å². The molecule has 0 aromatic carbocycles. The van der Waals surface area contributed by atoms with E-state index in [0.29, 0.717) is 16.3 Å². The van der Waals surface area contributed by atoms with Crippen LogP contribution >= 0.6 is 0 Å². The quantitative estimate of drug-likeness (QED) is 0.165. The van der Waals surface area contributed by atoms with Crippen LogP contribution in [0.15, 0.2) is 11.4 Å². The minimum atomic E-state index is -4.98. The number of carbonyl (C=O) groups excluding carboxylic acids is 1. The van der Waals surface area contributed by atoms with Crippen molar-refractivity contribution in [2.45, 2.75) is 12.1 Å². The molecule has 0 saturated carbocycles. The summed E-state index contributed by atoms with van der Waals surface area (Å²) in [6.45, 7) is -0.621. The summed E-state index contributed by atoms with van der Waals surface area (Å²) in [5.74, 6) is 0. The molecule has 3 heterocycles. The van der Waals surface area contributed by atoms with Gasteiger partial charge in [-0.1, -0.05) is 5.16 Å². The molecule has 3 rings (SSSR count). The number of aryl methyl sites for hydroxylation is 1. The predicted molar refractivity (Wildman–Crippen MR) is 85.6 cm³/mol. The van der Waals surface area contributed by atoms with Crippen molar-refractivity contribution < 1.29 is 35.7 Å². The maximum absolute atomic E-state index is 12.6. The Hall–Kier alpha value is -2.31. The van der Waals surface area contributed by atoms with E-state index in [9.17, 15) is 26.8 Å². The SMILES string of the molecule is Cn1ncc2c1[C@@H](/C(CNS(N)(=O)=O)=N/O)N1C[C@H]2N(OS(=O)(=O)O)C1=O. The van der Waals surface area contributed by atoms with Crippen molar-refractivity contribution in [1.29, 1.82) is 0 Å². The molecule has 2 bridgehead atoms. The van der Waals surface area contributed by atoms with Gasteiger partial charge in [-0.05, 0) is 0 Å². The Bertz CT molecular complexity index is 1020. The molecule has 1 aromatic rings. The fourth-order valence-corrected chi connectivity index (χ4v) is 3.85. The minimum absolute atomic E-state index is 0.0912. The van der Waals surface area contributed by atoms with Crippen molar-refractivity contribution in [1.82, 2.24) is 24.5 Å². The van der Waals surface area contributed by atoms with Gasteiger partial charge in [0.25, 0.3) is 10.2 Å². The molecule has 17 heteroatoms. The number of hydroxylamine groups is 2. The Morgan fingerprint density at radius 1 is 1.48 bits per heavy atom. The first kappa shape index (κ1) is 19.5. The Morgan fingerprint density at radius 3 is 2.70 bits per heavy atom. The number of urea groups is 1. The van der Waals surface area contributed by atoms with Gasteiger partial charge in [0.15, 0.2) is 0 Å². The van der Waals surface area contributed by atoms with Crippen molar-refractivity contribution in [3.63, 3.8) is 0 Å². The van der Waals surface area contributed by atoms with Crippen LogP contribution in [0.25, 0.3) is 0 Å². The molecule has 2 aliphatic rings. The van der Waals surface area contributed by atoms with E-state index in [1.807, 2.05) is 4.72 Å². The number of carbonyl (C=O) groups is 1. The molecular formula is C10H15N7O8S2. The summed E-state index contributed by atoms with van der Waals surface area (Å²) in [6, 6.07) is -2.95. The van der Waals surface area contributed by atoms with E-state index in [0.717, 1.165) is 4.90 Å². The molecule has 0 unspecified atom stereocenters. The third-order valence-corrected chi connectivity index (χ3v) is 5.00. The maximum Gasteiger partial charge on any atom is 0.418 e. The van der Waals surface area contributed by atoms with Crippen molar-refractivity contribution in [3.8, 4) is 0 Å². The molecule has 2 amide bonds. The number of hydrogen-bond donors (Lipinski definition) is 4. The monoisotopic (exact) mass is 425 g/mol. The molecule has 0 spiro atoms. The summed E-state index contributed by atoms with van der Waals surface area (Å²) in [5.41, 5.74) is 0.504. The summed E-state index contributed by atoms with van der Waals surface area (Å²) in [7, 11) is -7.58. The van der Waals surface area contributed by atoms with E-state index >= 15 is 0 Å². The Labute approximate surface area is 153 Å². The summed E-state index contributed by atoms with van der Waals surface area (Å²) in [6.07, 6.45) is 1.35. The first-order valence-electron chi connectivity index (χ1n) is 7.19. The van der Waals surface area contributed by atoms with Crippen molar-refractivity contribution in [2.75, 3.05) is 13.1 Å². The number of fused-ring (bicyclic) bond motifs is 4. The van der Waals surface area contributed by atoms with Crippen LogP contribution in [-0.4, -0.2) is 71.2 Å². The molecule has 0 radical (unpaired) electrons. The normalized spacial score (nSPS) is 23.1. The van der Waals surface area contributed by atoms with Crippen LogP contribution in [-0.2, 0) is 31.9 Å². The summed E-state index contributed by atoms with van der Waals surface area (Å²) in [5, 5.41) is 21.8. The summed E-state index contributed by atoms with van der Waals surface area (Å²) >= 11 is 0. The van der Waals surface area contributed by atoms with Crippen molar-refractivity contribution >= 4 is 32.4 Å². The zero-order valence-electron chi connectivity index (χ0n) is 13.6. The van der Waals surface area contributed by atoms with E-state index in [-0.39, 0.29) is 12.3 Å². The Balaban J connectivity index is 2.04. The van der Waals surface area contributed by atoms with E-state index in [1.165, 1.54) is 17.9 Å². The van der Waals surface area contributed by atoms with Gasteiger partial charge in [0.05, 0.1) is 25.0 Å². The lowest BCUT2D eigenvalue weighted by molar-refractivity contribution is -0.0316. The average molecular weight is 425 g/mol. The molecule has 0 aliphatic carbocycles. The van der Waals surface area contributed by atoms with Gasteiger partial charge in [0.1, 0.15) is 17.8 Å². The van der Waals surface area contributed by atoms with Crippen LogP contribution < -0.4 is 9.86 Å². The highest BCUT2D eigenvalue weighted by Gasteiger charge is 2.53. The molecule has 1 aromatic heterocycles.